The number of halogens is 2. The van der Waals surface area contributed by atoms with Crippen LogP contribution < -0.4 is 10.6 Å². The van der Waals surface area contributed by atoms with Gasteiger partial charge >= 0.3 is 0 Å². The Hall–Kier alpha value is -0.890. The monoisotopic (exact) mass is 436 g/mol. The largest absolute Gasteiger partial charge is 0.356 e. The number of rotatable bonds is 7. The molecule has 1 aromatic carbocycles. The van der Waals surface area contributed by atoms with Crippen LogP contribution in [0.5, 0.6) is 0 Å². The number of hydrogen-bond donors (Lipinski definition) is 2. The average Bonchev–Trinajstić information content (AvgIpc) is 2.47. The van der Waals surface area contributed by atoms with Gasteiger partial charge in [-0.05, 0) is 57.5 Å². The quantitative estimate of drug-likeness (QED) is 0.393. The zero-order chi connectivity index (χ0) is 16.5. The van der Waals surface area contributed by atoms with Crippen LogP contribution in [0.4, 0.5) is 4.39 Å². The van der Waals surface area contributed by atoms with Crippen LogP contribution in [0.25, 0.3) is 0 Å². The van der Waals surface area contributed by atoms with Crippen LogP contribution in [-0.4, -0.2) is 50.6 Å². The van der Waals surface area contributed by atoms with E-state index in [-0.39, 0.29) is 29.8 Å². The molecule has 0 bridgehead atoms. The molecule has 0 spiro atoms. The third-order valence-electron chi connectivity index (χ3n) is 3.85. The maximum atomic E-state index is 13.1. The minimum atomic E-state index is -0.180. The van der Waals surface area contributed by atoms with Crippen LogP contribution in [0.3, 0.4) is 0 Å². The molecule has 23 heavy (non-hydrogen) atoms. The molecule has 6 heteroatoms. The number of benzene rings is 1. The minimum Gasteiger partial charge on any atom is -0.356 e. The molecule has 2 N–H and O–H groups in total. The Balaban J connectivity index is 0.00000484. The van der Waals surface area contributed by atoms with Gasteiger partial charge in [-0.25, -0.2) is 4.39 Å². The van der Waals surface area contributed by atoms with E-state index < -0.39 is 0 Å². The summed E-state index contributed by atoms with van der Waals surface area (Å²) < 4.78 is 13.1. The van der Waals surface area contributed by atoms with Crippen LogP contribution in [0.2, 0.25) is 0 Å². The number of nitrogens with zero attached hydrogens (tertiary/aromatic N) is 2. The highest BCUT2D eigenvalue weighted by atomic mass is 127. The second kappa shape index (κ2) is 11.6. The first-order valence-corrected chi connectivity index (χ1v) is 7.83. The number of hydrogen-bond acceptors (Lipinski definition) is 2. The number of nitrogens with one attached hydrogen (secondary N) is 2. The van der Waals surface area contributed by atoms with Crippen molar-refractivity contribution in [2.75, 3.05) is 33.7 Å². The van der Waals surface area contributed by atoms with E-state index in [0.29, 0.717) is 6.04 Å². The van der Waals surface area contributed by atoms with Crippen LogP contribution >= 0.6 is 24.0 Å². The zero-order valence-electron chi connectivity index (χ0n) is 14.8. The second-order valence-corrected chi connectivity index (χ2v) is 5.82. The summed E-state index contributed by atoms with van der Waals surface area (Å²) in [6.07, 6.45) is 0.846. The van der Waals surface area contributed by atoms with Crippen LogP contribution in [0, 0.1) is 12.7 Å². The van der Waals surface area contributed by atoms with E-state index in [1.54, 1.807) is 13.1 Å². The first-order chi connectivity index (χ1) is 10.4. The van der Waals surface area contributed by atoms with Gasteiger partial charge in [-0.15, -0.1) is 24.0 Å². The lowest BCUT2D eigenvalue weighted by Gasteiger charge is -2.21. The lowest BCUT2D eigenvalue weighted by molar-refractivity contribution is 0.278. The number of guanidine groups is 1. The number of aryl methyl sites for hydroxylation is 1. The first kappa shape index (κ1) is 22.1. The molecule has 0 radical (unpaired) electrons. The normalized spacial score (nSPS) is 11.6. The van der Waals surface area contributed by atoms with E-state index >= 15 is 0 Å². The summed E-state index contributed by atoms with van der Waals surface area (Å²) >= 11 is 0. The van der Waals surface area contributed by atoms with Gasteiger partial charge in [0.25, 0.3) is 0 Å². The summed E-state index contributed by atoms with van der Waals surface area (Å²) in [5, 5.41) is 6.59. The van der Waals surface area contributed by atoms with Gasteiger partial charge in [0.1, 0.15) is 5.82 Å². The molecule has 132 valence electrons. The average molecular weight is 436 g/mol. The van der Waals surface area contributed by atoms with Crippen molar-refractivity contribution in [2.24, 2.45) is 4.99 Å². The van der Waals surface area contributed by atoms with Crippen molar-refractivity contribution in [1.29, 1.82) is 0 Å². The maximum absolute atomic E-state index is 13.1. The Morgan fingerprint density at radius 1 is 1.26 bits per heavy atom. The van der Waals surface area contributed by atoms with Crippen molar-refractivity contribution in [3.05, 3.63) is 35.1 Å². The zero-order valence-corrected chi connectivity index (χ0v) is 17.1. The highest BCUT2D eigenvalue weighted by Crippen LogP contribution is 2.10. The molecule has 0 saturated carbocycles. The van der Waals surface area contributed by atoms with Crippen LogP contribution in [-0.2, 0) is 6.42 Å². The second-order valence-electron chi connectivity index (χ2n) is 5.82. The van der Waals surface area contributed by atoms with Crippen molar-refractivity contribution in [2.45, 2.75) is 33.2 Å². The summed E-state index contributed by atoms with van der Waals surface area (Å²) in [4.78, 5) is 6.49. The van der Waals surface area contributed by atoms with Crippen molar-refractivity contribution in [3.63, 3.8) is 0 Å². The third-order valence-corrected chi connectivity index (χ3v) is 3.85. The fourth-order valence-electron chi connectivity index (χ4n) is 2.08. The molecule has 0 aliphatic heterocycles. The van der Waals surface area contributed by atoms with Gasteiger partial charge in [-0.3, -0.25) is 4.99 Å². The fourth-order valence-corrected chi connectivity index (χ4v) is 2.08. The smallest absolute Gasteiger partial charge is 0.191 e. The molecule has 0 heterocycles. The van der Waals surface area contributed by atoms with Gasteiger partial charge in [0.05, 0.1) is 0 Å². The van der Waals surface area contributed by atoms with E-state index in [1.165, 1.54) is 6.07 Å². The Morgan fingerprint density at radius 2 is 1.91 bits per heavy atom. The third kappa shape index (κ3) is 8.50. The molecule has 0 unspecified atom stereocenters. The van der Waals surface area contributed by atoms with E-state index in [9.17, 15) is 4.39 Å². The number of aliphatic imine (C=N–C) groups is 1. The van der Waals surface area contributed by atoms with E-state index in [4.69, 9.17) is 0 Å². The Morgan fingerprint density at radius 3 is 2.48 bits per heavy atom. The van der Waals surface area contributed by atoms with E-state index in [1.807, 2.05) is 13.0 Å². The van der Waals surface area contributed by atoms with Crippen LogP contribution in [0.15, 0.2) is 23.2 Å². The lowest BCUT2D eigenvalue weighted by Crippen LogP contribution is -2.42. The standard InChI is InChI=1S/C17H29FN4.HI/c1-13(2)22(5)11-10-21-17(19-4)20-9-8-15-6-7-16(18)12-14(15)3;/h6-7,12-13H,8-11H2,1-5H3,(H2,19,20,21);1H. The van der Waals surface area contributed by atoms with E-state index in [2.05, 4.69) is 41.4 Å². The van der Waals surface area contributed by atoms with Gasteiger partial charge in [0.15, 0.2) is 5.96 Å². The van der Waals surface area contributed by atoms with Crippen LogP contribution in [0.1, 0.15) is 25.0 Å². The molecular formula is C17H30FIN4. The van der Waals surface area contributed by atoms with Gasteiger partial charge in [0.2, 0.25) is 0 Å². The highest BCUT2D eigenvalue weighted by molar-refractivity contribution is 14.0. The molecule has 0 saturated heterocycles. The Bertz CT molecular complexity index is 491. The summed E-state index contributed by atoms with van der Waals surface area (Å²) in [6.45, 7) is 8.88. The molecule has 0 atom stereocenters. The van der Waals surface area contributed by atoms with Gasteiger partial charge in [-0.2, -0.15) is 0 Å². The summed E-state index contributed by atoms with van der Waals surface area (Å²) in [6, 6.07) is 5.47. The van der Waals surface area contributed by atoms with Crippen molar-refractivity contribution >= 4 is 29.9 Å². The Kier molecular flexibility index (Phi) is 11.2. The van der Waals surface area contributed by atoms with Gasteiger partial charge in [-0.1, -0.05) is 6.07 Å². The number of likely N-dealkylation sites (N-methyl/N-ethyl adjacent to an activating group) is 1. The maximum Gasteiger partial charge on any atom is 0.191 e. The summed E-state index contributed by atoms with van der Waals surface area (Å²) in [5.74, 6) is 0.623. The molecule has 0 aliphatic rings. The van der Waals surface area contributed by atoms with Gasteiger partial charge < -0.3 is 15.5 Å². The molecule has 0 amide bonds. The predicted molar refractivity (Wildman–Crippen MR) is 107 cm³/mol. The molecular weight excluding hydrogens is 406 g/mol. The van der Waals surface area contributed by atoms with Crippen molar-refractivity contribution < 1.29 is 4.39 Å². The predicted octanol–water partition coefficient (Wildman–Crippen LogP) is 2.80. The topological polar surface area (TPSA) is 39.7 Å². The minimum absolute atomic E-state index is 0. The summed E-state index contributed by atoms with van der Waals surface area (Å²) in [5.41, 5.74) is 2.15. The highest BCUT2D eigenvalue weighted by Gasteiger charge is 2.04. The molecule has 1 rings (SSSR count). The van der Waals surface area contributed by atoms with Crippen molar-refractivity contribution in [1.82, 2.24) is 15.5 Å². The fraction of sp³-hybridized carbons (Fsp3) is 0.588. The lowest BCUT2D eigenvalue weighted by atomic mass is 10.1. The molecule has 4 nitrogen and oxygen atoms in total. The SMILES string of the molecule is CN=C(NCCc1ccc(F)cc1C)NCCN(C)C(C)C.I. The van der Waals surface area contributed by atoms with Crippen molar-refractivity contribution in [3.8, 4) is 0 Å². The molecule has 1 aromatic rings. The molecule has 0 aliphatic carbocycles. The Labute approximate surface area is 157 Å². The molecule has 0 aromatic heterocycles. The molecule has 0 fully saturated rings. The van der Waals surface area contributed by atoms with Gasteiger partial charge in [0, 0.05) is 32.7 Å². The first-order valence-electron chi connectivity index (χ1n) is 7.83. The summed E-state index contributed by atoms with van der Waals surface area (Å²) in [7, 11) is 3.88. The van der Waals surface area contributed by atoms with E-state index in [0.717, 1.165) is 43.1 Å².